The fourth-order valence-corrected chi connectivity index (χ4v) is 4.53. The van der Waals surface area contributed by atoms with Gasteiger partial charge in [-0.2, -0.15) is 0 Å². The number of carbonyl (C=O) groups excluding carboxylic acids is 3. The fraction of sp³-hybridized carbons (Fsp3) is 0.393. The number of amides is 2. The van der Waals surface area contributed by atoms with E-state index in [0.29, 0.717) is 11.1 Å². The average molecular weight is 463 g/mol. The number of carbonyl (C=O) groups is 3. The molecule has 178 valence electrons. The van der Waals surface area contributed by atoms with E-state index in [4.69, 9.17) is 0 Å². The van der Waals surface area contributed by atoms with E-state index >= 15 is 0 Å². The van der Waals surface area contributed by atoms with Crippen molar-refractivity contribution in [3.05, 3.63) is 83.2 Å². The van der Waals surface area contributed by atoms with Gasteiger partial charge in [0.1, 0.15) is 11.9 Å². The molecule has 0 bridgehead atoms. The first-order chi connectivity index (χ1) is 16.4. The Labute approximate surface area is 200 Å². The number of aryl methyl sites for hydroxylation is 1. The molecule has 2 saturated carbocycles. The van der Waals surface area contributed by atoms with Crippen LogP contribution in [0.25, 0.3) is 0 Å². The molecule has 0 radical (unpaired) electrons. The number of nitrogens with one attached hydrogen (secondary N) is 1. The van der Waals surface area contributed by atoms with Crippen LogP contribution in [0.5, 0.6) is 0 Å². The van der Waals surface area contributed by atoms with Gasteiger partial charge >= 0.3 is 0 Å². The summed E-state index contributed by atoms with van der Waals surface area (Å²) >= 11 is 0. The van der Waals surface area contributed by atoms with Gasteiger partial charge in [0.15, 0.2) is 5.78 Å². The zero-order chi connectivity index (χ0) is 24.1. The first-order valence-electron chi connectivity index (χ1n) is 12.1. The molecule has 2 aromatic carbocycles. The second-order valence-electron chi connectivity index (χ2n) is 9.34. The lowest BCUT2D eigenvalue weighted by Gasteiger charge is -2.33. The predicted octanol–water partition coefficient (Wildman–Crippen LogP) is 5.05. The van der Waals surface area contributed by atoms with Gasteiger partial charge in [-0.25, -0.2) is 4.39 Å². The van der Waals surface area contributed by atoms with Crippen LogP contribution in [0.3, 0.4) is 0 Å². The summed E-state index contributed by atoms with van der Waals surface area (Å²) in [6.07, 6.45) is 9.26. The molecule has 2 amide bonds. The van der Waals surface area contributed by atoms with Gasteiger partial charge in [-0.15, -0.1) is 0 Å². The highest BCUT2D eigenvalue weighted by molar-refractivity contribution is 6.08. The van der Waals surface area contributed by atoms with Crippen molar-refractivity contribution < 1.29 is 18.8 Å². The van der Waals surface area contributed by atoms with Gasteiger partial charge in [-0.1, -0.05) is 61.2 Å². The van der Waals surface area contributed by atoms with Crippen LogP contribution < -0.4 is 5.32 Å². The Kier molecular flexibility index (Phi) is 7.56. The van der Waals surface area contributed by atoms with E-state index in [9.17, 15) is 18.8 Å². The maximum Gasteiger partial charge on any atom is 0.247 e. The Morgan fingerprint density at radius 1 is 0.912 bits per heavy atom. The van der Waals surface area contributed by atoms with Gasteiger partial charge in [0.05, 0.1) is 0 Å². The van der Waals surface area contributed by atoms with E-state index in [2.05, 4.69) is 5.32 Å². The second-order valence-corrected chi connectivity index (χ2v) is 9.34. The predicted molar refractivity (Wildman–Crippen MR) is 129 cm³/mol. The van der Waals surface area contributed by atoms with Crippen LogP contribution in [0.4, 0.5) is 4.39 Å². The quantitative estimate of drug-likeness (QED) is 0.441. The Bertz CT molecular complexity index is 1050. The molecular weight excluding hydrogens is 431 g/mol. The Morgan fingerprint density at radius 3 is 2.18 bits per heavy atom. The molecule has 0 aliphatic heterocycles. The van der Waals surface area contributed by atoms with E-state index in [1.165, 1.54) is 30.7 Å². The third kappa shape index (κ3) is 5.99. The van der Waals surface area contributed by atoms with Crippen molar-refractivity contribution in [2.45, 2.75) is 70.0 Å². The molecule has 2 aliphatic rings. The van der Waals surface area contributed by atoms with Crippen molar-refractivity contribution in [2.24, 2.45) is 0 Å². The van der Waals surface area contributed by atoms with Crippen LogP contribution in [-0.4, -0.2) is 34.6 Å². The number of hydrogen-bond donors (Lipinski definition) is 1. The van der Waals surface area contributed by atoms with Crippen LogP contribution in [0.2, 0.25) is 0 Å². The number of ketones is 1. The van der Waals surface area contributed by atoms with Gasteiger partial charge in [-0.05, 0) is 56.4 Å². The maximum absolute atomic E-state index is 13.6. The van der Waals surface area contributed by atoms with Crippen molar-refractivity contribution in [1.82, 2.24) is 10.2 Å². The van der Waals surface area contributed by atoms with E-state index in [-0.39, 0.29) is 23.8 Å². The molecule has 2 aliphatic carbocycles. The molecule has 4 rings (SSSR count). The standard InChI is InChI=1S/C28H31FN2O3/c1-19-7-9-20(10-8-19)25(32)17-18-26(33)31(24-15-16-24)27(21-11-13-22(29)14-12-21)28(34)30-23-5-3-2-4-6-23/h7-14,17-18,23-24,27H,2-6,15-16H2,1H3,(H,30,34). The molecule has 0 aromatic heterocycles. The number of benzene rings is 2. The molecule has 34 heavy (non-hydrogen) atoms. The Balaban J connectivity index is 1.58. The molecule has 5 nitrogen and oxygen atoms in total. The van der Waals surface area contributed by atoms with Crippen LogP contribution in [0.15, 0.2) is 60.7 Å². The summed E-state index contributed by atoms with van der Waals surface area (Å²) in [6.45, 7) is 1.94. The molecular formula is C28H31FN2O3. The van der Waals surface area contributed by atoms with Crippen LogP contribution in [-0.2, 0) is 9.59 Å². The highest BCUT2D eigenvalue weighted by Gasteiger charge is 2.41. The monoisotopic (exact) mass is 462 g/mol. The minimum atomic E-state index is -0.873. The largest absolute Gasteiger partial charge is 0.351 e. The first-order valence-corrected chi connectivity index (χ1v) is 12.1. The SMILES string of the molecule is Cc1ccc(C(=O)C=CC(=O)N(C2CC2)C(C(=O)NC2CCCCC2)c2ccc(F)cc2)cc1. The van der Waals surface area contributed by atoms with Gasteiger partial charge in [-0.3, -0.25) is 14.4 Å². The molecule has 2 aromatic rings. The molecule has 2 fully saturated rings. The number of rotatable bonds is 8. The summed E-state index contributed by atoms with van der Waals surface area (Å²) in [5.41, 5.74) is 2.11. The van der Waals surface area contributed by atoms with E-state index in [1.807, 2.05) is 19.1 Å². The van der Waals surface area contributed by atoms with Crippen LogP contribution in [0.1, 0.15) is 72.5 Å². The van der Waals surface area contributed by atoms with Crippen molar-refractivity contribution in [1.29, 1.82) is 0 Å². The summed E-state index contributed by atoms with van der Waals surface area (Å²) in [6, 6.07) is 12.0. The van der Waals surface area contributed by atoms with Gasteiger partial charge in [0.25, 0.3) is 0 Å². The lowest BCUT2D eigenvalue weighted by atomic mass is 9.94. The minimum Gasteiger partial charge on any atom is -0.351 e. The average Bonchev–Trinajstić information content (AvgIpc) is 3.67. The summed E-state index contributed by atoms with van der Waals surface area (Å²) in [7, 11) is 0. The summed E-state index contributed by atoms with van der Waals surface area (Å²) in [4.78, 5) is 40.9. The topological polar surface area (TPSA) is 66.5 Å². The van der Waals surface area contributed by atoms with Crippen LogP contribution in [0, 0.1) is 12.7 Å². The van der Waals surface area contributed by atoms with Gasteiger partial charge in [0.2, 0.25) is 11.8 Å². The van der Waals surface area contributed by atoms with Crippen molar-refractivity contribution >= 4 is 17.6 Å². The normalized spacial score (nSPS) is 17.4. The molecule has 0 saturated heterocycles. The van der Waals surface area contributed by atoms with Crippen molar-refractivity contribution in [3.8, 4) is 0 Å². The van der Waals surface area contributed by atoms with E-state index in [1.54, 1.807) is 29.2 Å². The summed E-state index contributed by atoms with van der Waals surface area (Å²) in [5, 5.41) is 3.13. The maximum atomic E-state index is 13.6. The molecule has 1 N–H and O–H groups in total. The summed E-state index contributed by atoms with van der Waals surface area (Å²) < 4.78 is 13.6. The summed E-state index contributed by atoms with van der Waals surface area (Å²) in [5.74, 6) is -1.31. The third-order valence-corrected chi connectivity index (χ3v) is 6.57. The highest BCUT2D eigenvalue weighted by Crippen LogP contribution is 2.35. The number of allylic oxidation sites excluding steroid dienone is 1. The minimum absolute atomic E-state index is 0.0824. The van der Waals surface area contributed by atoms with Gasteiger partial charge < -0.3 is 10.2 Å². The van der Waals surface area contributed by atoms with E-state index in [0.717, 1.165) is 44.1 Å². The van der Waals surface area contributed by atoms with E-state index < -0.39 is 17.8 Å². The number of nitrogens with zero attached hydrogens (tertiary/aromatic N) is 1. The van der Waals surface area contributed by atoms with Crippen LogP contribution >= 0.6 is 0 Å². The Morgan fingerprint density at radius 2 is 1.56 bits per heavy atom. The zero-order valence-electron chi connectivity index (χ0n) is 19.5. The molecule has 1 unspecified atom stereocenters. The van der Waals surface area contributed by atoms with Crippen molar-refractivity contribution in [3.63, 3.8) is 0 Å². The highest BCUT2D eigenvalue weighted by atomic mass is 19.1. The lowest BCUT2D eigenvalue weighted by molar-refractivity contribution is -0.138. The molecule has 1 atom stereocenters. The number of halogens is 1. The first kappa shape index (κ1) is 23.9. The lowest BCUT2D eigenvalue weighted by Crippen LogP contribution is -2.47. The zero-order valence-corrected chi connectivity index (χ0v) is 19.5. The Hall–Kier alpha value is -3.28. The molecule has 0 spiro atoms. The van der Waals surface area contributed by atoms with Gasteiger partial charge in [0, 0.05) is 23.7 Å². The third-order valence-electron chi connectivity index (χ3n) is 6.57. The molecule has 0 heterocycles. The number of hydrogen-bond acceptors (Lipinski definition) is 3. The molecule has 6 heteroatoms. The van der Waals surface area contributed by atoms with Crippen molar-refractivity contribution in [2.75, 3.05) is 0 Å². The fourth-order valence-electron chi connectivity index (χ4n) is 4.53. The smallest absolute Gasteiger partial charge is 0.247 e. The second kappa shape index (κ2) is 10.8.